The van der Waals surface area contributed by atoms with Gasteiger partial charge < -0.3 is 9.73 Å². The molecule has 1 amide bonds. The lowest BCUT2D eigenvalue weighted by Gasteiger charge is -2.13. The van der Waals surface area contributed by atoms with E-state index in [1.54, 1.807) is 18.2 Å². The van der Waals surface area contributed by atoms with Gasteiger partial charge in [0, 0.05) is 6.04 Å². The molecule has 1 N–H and O–H groups in total. The number of aromatic nitrogens is 2. The number of halogens is 1. The molecule has 0 aliphatic carbocycles. The second kappa shape index (κ2) is 9.32. The minimum Gasteiger partial charge on any atom is -0.411 e. The van der Waals surface area contributed by atoms with Crippen molar-refractivity contribution in [2.24, 2.45) is 0 Å². The Labute approximate surface area is 161 Å². The second-order valence-corrected chi connectivity index (χ2v) is 7.06. The molecule has 27 heavy (non-hydrogen) atoms. The number of amides is 1. The van der Waals surface area contributed by atoms with Crippen LogP contribution in [0.25, 0.3) is 11.5 Å². The number of rotatable bonds is 8. The van der Waals surface area contributed by atoms with E-state index < -0.39 is 5.82 Å². The van der Waals surface area contributed by atoms with Crippen molar-refractivity contribution in [1.82, 2.24) is 15.5 Å². The van der Waals surface area contributed by atoms with E-state index in [2.05, 4.69) is 27.6 Å². The van der Waals surface area contributed by atoms with E-state index in [0.29, 0.717) is 0 Å². The van der Waals surface area contributed by atoms with Gasteiger partial charge in [-0.05, 0) is 37.5 Å². The molecule has 0 bridgehead atoms. The van der Waals surface area contributed by atoms with Crippen molar-refractivity contribution in [2.75, 3.05) is 5.75 Å². The van der Waals surface area contributed by atoms with Gasteiger partial charge in [0.05, 0.1) is 11.3 Å². The van der Waals surface area contributed by atoms with Gasteiger partial charge >= 0.3 is 0 Å². The van der Waals surface area contributed by atoms with Gasteiger partial charge in [0.2, 0.25) is 5.91 Å². The average Bonchev–Trinajstić information content (AvgIpc) is 3.15. The number of nitrogens with one attached hydrogen (secondary N) is 1. The molecule has 3 aromatic rings. The van der Waals surface area contributed by atoms with Gasteiger partial charge in [-0.25, -0.2) is 4.39 Å². The summed E-state index contributed by atoms with van der Waals surface area (Å²) in [6.07, 6.45) is 1.77. The van der Waals surface area contributed by atoms with Gasteiger partial charge in [-0.2, -0.15) is 0 Å². The zero-order valence-corrected chi connectivity index (χ0v) is 15.7. The van der Waals surface area contributed by atoms with Crippen molar-refractivity contribution < 1.29 is 13.6 Å². The first kappa shape index (κ1) is 19.1. The third kappa shape index (κ3) is 5.65. The minimum atomic E-state index is -0.428. The normalized spacial score (nSPS) is 11.9. The molecular weight excluding hydrogens is 365 g/mol. The summed E-state index contributed by atoms with van der Waals surface area (Å²) in [5.41, 5.74) is 1.50. The van der Waals surface area contributed by atoms with Crippen LogP contribution in [0.15, 0.2) is 64.2 Å². The summed E-state index contributed by atoms with van der Waals surface area (Å²) in [6, 6.07) is 16.4. The number of thioether (sulfide) groups is 1. The number of aryl methyl sites for hydroxylation is 1. The summed E-state index contributed by atoms with van der Waals surface area (Å²) in [4.78, 5) is 12.1. The molecule has 2 aromatic carbocycles. The molecule has 0 saturated heterocycles. The van der Waals surface area contributed by atoms with Gasteiger partial charge in [0.25, 0.3) is 11.1 Å². The standard InChI is InChI=1S/C20H20FN3O2S/c1-14(11-12-15-7-3-2-4-8-15)22-18(25)13-27-20-24-23-19(26-20)16-9-5-6-10-17(16)21/h2-10,14H,11-13H2,1H3,(H,22,25)/t14-/m1/s1. The first-order chi connectivity index (χ1) is 13.1. The van der Waals surface area contributed by atoms with E-state index in [1.165, 1.54) is 11.6 Å². The SMILES string of the molecule is C[C@H](CCc1ccccc1)NC(=O)CSc1nnc(-c2ccccc2F)o1. The van der Waals surface area contributed by atoms with Crippen molar-refractivity contribution in [1.29, 1.82) is 0 Å². The first-order valence-corrected chi connectivity index (χ1v) is 9.65. The Bertz CT molecular complexity index is 886. The number of nitrogens with zero attached hydrogens (tertiary/aromatic N) is 2. The fourth-order valence-corrected chi connectivity index (χ4v) is 3.13. The van der Waals surface area contributed by atoms with Crippen LogP contribution in [-0.2, 0) is 11.2 Å². The maximum Gasteiger partial charge on any atom is 0.277 e. The summed E-state index contributed by atoms with van der Waals surface area (Å²) < 4.78 is 19.2. The fourth-order valence-electron chi connectivity index (χ4n) is 2.56. The van der Waals surface area contributed by atoms with Crippen molar-refractivity contribution in [3.05, 3.63) is 66.0 Å². The van der Waals surface area contributed by atoms with Gasteiger partial charge in [0.1, 0.15) is 5.82 Å². The molecule has 1 aromatic heterocycles. The lowest BCUT2D eigenvalue weighted by Crippen LogP contribution is -2.34. The molecule has 1 atom stereocenters. The van der Waals surface area contributed by atoms with Crippen LogP contribution in [0.5, 0.6) is 0 Å². The number of benzene rings is 2. The molecule has 0 spiro atoms. The molecule has 0 unspecified atom stereocenters. The predicted octanol–water partition coefficient (Wildman–Crippen LogP) is 4.11. The highest BCUT2D eigenvalue weighted by Gasteiger charge is 2.14. The highest BCUT2D eigenvalue weighted by atomic mass is 32.2. The van der Waals surface area contributed by atoms with E-state index >= 15 is 0 Å². The number of carbonyl (C=O) groups excluding carboxylic acids is 1. The smallest absolute Gasteiger partial charge is 0.277 e. The quantitative estimate of drug-likeness (QED) is 0.591. The largest absolute Gasteiger partial charge is 0.411 e. The van der Waals surface area contributed by atoms with Crippen LogP contribution in [0.1, 0.15) is 18.9 Å². The van der Waals surface area contributed by atoms with E-state index in [9.17, 15) is 9.18 Å². The molecule has 0 aliphatic heterocycles. The number of carbonyl (C=O) groups is 1. The molecule has 1 heterocycles. The molecule has 5 nitrogen and oxygen atoms in total. The highest BCUT2D eigenvalue weighted by Crippen LogP contribution is 2.24. The van der Waals surface area contributed by atoms with Crippen LogP contribution in [0, 0.1) is 5.82 Å². The Kier molecular flexibility index (Phi) is 6.59. The maximum absolute atomic E-state index is 13.7. The Morgan fingerprint density at radius 1 is 1.15 bits per heavy atom. The number of hydrogen-bond donors (Lipinski definition) is 1. The molecule has 0 saturated carbocycles. The third-order valence-corrected chi connectivity index (χ3v) is 4.77. The molecular formula is C20H20FN3O2S. The van der Waals surface area contributed by atoms with Gasteiger partial charge in [-0.1, -0.05) is 54.2 Å². The average molecular weight is 385 g/mol. The zero-order valence-electron chi connectivity index (χ0n) is 14.9. The molecule has 0 fully saturated rings. The Morgan fingerprint density at radius 2 is 1.89 bits per heavy atom. The zero-order chi connectivity index (χ0) is 19.1. The topological polar surface area (TPSA) is 68.0 Å². The van der Waals surface area contributed by atoms with Crippen molar-refractivity contribution >= 4 is 17.7 Å². The Morgan fingerprint density at radius 3 is 2.67 bits per heavy atom. The summed E-state index contributed by atoms with van der Waals surface area (Å²) in [5.74, 6) is -0.268. The van der Waals surface area contributed by atoms with Crippen LogP contribution in [0.4, 0.5) is 4.39 Å². The summed E-state index contributed by atoms with van der Waals surface area (Å²) in [5, 5.41) is 10.9. The molecule has 0 aliphatic rings. The lowest BCUT2D eigenvalue weighted by molar-refractivity contribution is -0.119. The minimum absolute atomic E-state index is 0.0648. The van der Waals surface area contributed by atoms with Crippen LogP contribution in [0.2, 0.25) is 0 Å². The van der Waals surface area contributed by atoms with Gasteiger partial charge in [0.15, 0.2) is 0 Å². The van der Waals surface area contributed by atoms with Crippen LogP contribution >= 0.6 is 11.8 Å². The molecule has 140 valence electrons. The fraction of sp³-hybridized carbons (Fsp3) is 0.250. The Hall–Kier alpha value is -2.67. The predicted molar refractivity (Wildman–Crippen MR) is 103 cm³/mol. The second-order valence-electron chi connectivity index (χ2n) is 6.13. The van der Waals surface area contributed by atoms with Crippen molar-refractivity contribution in [3.8, 4) is 11.5 Å². The highest BCUT2D eigenvalue weighted by molar-refractivity contribution is 7.99. The summed E-state index contributed by atoms with van der Waals surface area (Å²) in [6.45, 7) is 1.98. The molecule has 7 heteroatoms. The third-order valence-electron chi connectivity index (χ3n) is 3.95. The number of hydrogen-bond acceptors (Lipinski definition) is 5. The first-order valence-electron chi connectivity index (χ1n) is 8.66. The van der Waals surface area contributed by atoms with Crippen LogP contribution in [-0.4, -0.2) is 27.9 Å². The van der Waals surface area contributed by atoms with Crippen LogP contribution in [0.3, 0.4) is 0 Å². The molecule has 3 rings (SSSR count). The van der Waals surface area contributed by atoms with Crippen LogP contribution < -0.4 is 5.32 Å². The monoisotopic (exact) mass is 385 g/mol. The van der Waals surface area contributed by atoms with E-state index in [0.717, 1.165) is 24.6 Å². The summed E-state index contributed by atoms with van der Waals surface area (Å²) >= 11 is 1.13. The molecule has 0 radical (unpaired) electrons. The van der Waals surface area contributed by atoms with E-state index in [-0.39, 0.29) is 34.4 Å². The van der Waals surface area contributed by atoms with Gasteiger partial charge in [-0.15, -0.1) is 10.2 Å². The maximum atomic E-state index is 13.7. The van der Waals surface area contributed by atoms with Gasteiger partial charge in [-0.3, -0.25) is 4.79 Å². The van der Waals surface area contributed by atoms with Crippen molar-refractivity contribution in [2.45, 2.75) is 31.0 Å². The van der Waals surface area contributed by atoms with Crippen molar-refractivity contribution in [3.63, 3.8) is 0 Å². The van der Waals surface area contributed by atoms with E-state index in [4.69, 9.17) is 4.42 Å². The Balaban J connectivity index is 1.45. The van der Waals surface area contributed by atoms with E-state index in [1.807, 2.05) is 25.1 Å². The summed E-state index contributed by atoms with van der Waals surface area (Å²) in [7, 11) is 0. The lowest BCUT2D eigenvalue weighted by atomic mass is 10.1.